The summed E-state index contributed by atoms with van der Waals surface area (Å²) in [5, 5.41) is 0. The van der Waals surface area contributed by atoms with Crippen molar-refractivity contribution in [3.8, 4) is 0 Å². The van der Waals surface area contributed by atoms with E-state index in [0.29, 0.717) is 0 Å². The Bertz CT molecular complexity index is 461. The second-order valence-corrected chi connectivity index (χ2v) is 15.6. The average molecular weight is 607 g/mol. The molecule has 43 heavy (non-hydrogen) atoms. The van der Waals surface area contributed by atoms with E-state index in [1.54, 1.807) is 0 Å². The smallest absolute Gasteiger partial charge is 0.0787 e. The Kier molecular flexibility index (Phi) is 34.8. The number of quaternary nitrogens is 1. The van der Waals surface area contributed by atoms with Gasteiger partial charge in [0.15, 0.2) is 0 Å². The van der Waals surface area contributed by atoms with Crippen LogP contribution >= 0.6 is 0 Å². The van der Waals surface area contributed by atoms with Crippen LogP contribution in [0.2, 0.25) is 0 Å². The third-order valence-electron chi connectivity index (χ3n) is 10.3. The van der Waals surface area contributed by atoms with Crippen LogP contribution in [0.15, 0.2) is 0 Å². The van der Waals surface area contributed by atoms with Gasteiger partial charge >= 0.3 is 0 Å². The first-order chi connectivity index (χ1) is 21.0. The van der Waals surface area contributed by atoms with Crippen molar-refractivity contribution in [2.45, 2.75) is 240 Å². The highest BCUT2D eigenvalue weighted by Crippen LogP contribution is 2.18. The van der Waals surface area contributed by atoms with E-state index in [1.165, 1.54) is 236 Å². The SMILES string of the molecule is CCCCCCCCCCCCCCCCCC[N+](C)(CCCCCCCCCCCCCCCCCC)CCC(C)C. The molecule has 1 nitrogen and oxygen atoms in total. The molecule has 0 saturated heterocycles. The molecule has 0 N–H and O–H groups in total. The first-order valence-electron chi connectivity index (χ1n) is 20.9. The summed E-state index contributed by atoms with van der Waals surface area (Å²) in [5.74, 6) is 0.842. The van der Waals surface area contributed by atoms with E-state index in [2.05, 4.69) is 34.7 Å². The second kappa shape index (κ2) is 34.8. The molecule has 0 aliphatic rings. The van der Waals surface area contributed by atoms with Gasteiger partial charge < -0.3 is 4.48 Å². The fraction of sp³-hybridized carbons (Fsp3) is 1.00. The monoisotopic (exact) mass is 607 g/mol. The summed E-state index contributed by atoms with van der Waals surface area (Å²) < 4.78 is 1.34. The lowest BCUT2D eigenvalue weighted by Crippen LogP contribution is -2.46. The lowest BCUT2D eigenvalue weighted by Gasteiger charge is -2.35. The van der Waals surface area contributed by atoms with Gasteiger partial charge in [-0.15, -0.1) is 0 Å². The van der Waals surface area contributed by atoms with Gasteiger partial charge in [0.05, 0.1) is 26.7 Å². The predicted octanol–water partition coefficient (Wildman–Crippen LogP) is 15.0. The molecular formula is C42H88N+. The summed E-state index contributed by atoms with van der Waals surface area (Å²) >= 11 is 0. The molecule has 0 atom stereocenters. The quantitative estimate of drug-likeness (QED) is 0.0487. The van der Waals surface area contributed by atoms with Gasteiger partial charge in [-0.2, -0.15) is 0 Å². The molecule has 0 aromatic carbocycles. The summed E-state index contributed by atoms with van der Waals surface area (Å²) in [5.41, 5.74) is 0. The van der Waals surface area contributed by atoms with Crippen molar-refractivity contribution in [3.63, 3.8) is 0 Å². The van der Waals surface area contributed by atoms with E-state index in [0.717, 1.165) is 5.92 Å². The maximum Gasteiger partial charge on any atom is 0.0787 e. The predicted molar refractivity (Wildman–Crippen MR) is 199 cm³/mol. The van der Waals surface area contributed by atoms with E-state index in [9.17, 15) is 0 Å². The zero-order valence-corrected chi connectivity index (χ0v) is 31.5. The third-order valence-corrected chi connectivity index (χ3v) is 10.3. The van der Waals surface area contributed by atoms with Crippen molar-refractivity contribution in [2.24, 2.45) is 5.92 Å². The van der Waals surface area contributed by atoms with Crippen LogP contribution < -0.4 is 0 Å². The molecule has 0 aromatic rings. The Morgan fingerprint density at radius 1 is 0.302 bits per heavy atom. The van der Waals surface area contributed by atoms with Crippen molar-refractivity contribution >= 4 is 0 Å². The van der Waals surface area contributed by atoms with E-state index >= 15 is 0 Å². The number of unbranched alkanes of at least 4 members (excludes halogenated alkanes) is 30. The van der Waals surface area contributed by atoms with Crippen molar-refractivity contribution in [2.75, 3.05) is 26.7 Å². The molecule has 0 heterocycles. The van der Waals surface area contributed by atoms with Crippen LogP contribution in [0.25, 0.3) is 0 Å². The lowest BCUT2D eigenvalue weighted by molar-refractivity contribution is -0.910. The molecule has 0 aliphatic carbocycles. The van der Waals surface area contributed by atoms with Gasteiger partial charge in [-0.3, -0.25) is 0 Å². The van der Waals surface area contributed by atoms with Gasteiger partial charge in [0.2, 0.25) is 0 Å². The maximum atomic E-state index is 2.58. The summed E-state index contributed by atoms with van der Waals surface area (Å²) in [6.07, 6.45) is 48.4. The summed E-state index contributed by atoms with van der Waals surface area (Å²) in [6, 6.07) is 0. The van der Waals surface area contributed by atoms with Gasteiger partial charge in [-0.05, 0) is 38.0 Å². The molecule has 0 bridgehead atoms. The Balaban J connectivity index is 3.68. The van der Waals surface area contributed by atoms with E-state index in [-0.39, 0.29) is 0 Å². The van der Waals surface area contributed by atoms with E-state index < -0.39 is 0 Å². The highest BCUT2D eigenvalue weighted by Gasteiger charge is 2.20. The Morgan fingerprint density at radius 2 is 0.512 bits per heavy atom. The molecule has 0 amide bonds. The molecule has 1 heteroatoms. The molecule has 0 aliphatic heterocycles. The third kappa shape index (κ3) is 34.7. The minimum Gasteiger partial charge on any atom is -0.326 e. The minimum atomic E-state index is 0.842. The average Bonchev–Trinajstić information content (AvgIpc) is 2.99. The van der Waals surface area contributed by atoms with Crippen LogP contribution in [0, 0.1) is 5.92 Å². The number of rotatable bonds is 37. The van der Waals surface area contributed by atoms with Gasteiger partial charge in [0.25, 0.3) is 0 Å². The van der Waals surface area contributed by atoms with Crippen molar-refractivity contribution in [1.82, 2.24) is 0 Å². The first kappa shape index (κ1) is 43.0. The Labute approximate surface area is 276 Å². The largest absolute Gasteiger partial charge is 0.326 e. The topological polar surface area (TPSA) is 0 Å². The molecule has 260 valence electrons. The fourth-order valence-electron chi connectivity index (χ4n) is 6.99. The van der Waals surface area contributed by atoms with Gasteiger partial charge in [-0.25, -0.2) is 0 Å². The zero-order chi connectivity index (χ0) is 31.5. The zero-order valence-electron chi connectivity index (χ0n) is 31.5. The fourth-order valence-corrected chi connectivity index (χ4v) is 6.99. The minimum absolute atomic E-state index is 0.842. The maximum absolute atomic E-state index is 2.58. The summed E-state index contributed by atoms with van der Waals surface area (Å²) in [6.45, 7) is 13.7. The number of hydrogen-bond donors (Lipinski definition) is 0. The van der Waals surface area contributed by atoms with Crippen LogP contribution in [-0.4, -0.2) is 31.2 Å². The molecule has 0 unspecified atom stereocenters. The molecule has 0 radical (unpaired) electrons. The van der Waals surface area contributed by atoms with Gasteiger partial charge in [-0.1, -0.05) is 207 Å². The highest BCUT2D eigenvalue weighted by molar-refractivity contribution is 4.54. The van der Waals surface area contributed by atoms with Crippen LogP contribution in [-0.2, 0) is 0 Å². The van der Waals surface area contributed by atoms with Crippen LogP contribution in [0.1, 0.15) is 240 Å². The molecule has 0 fully saturated rings. The lowest BCUT2D eigenvalue weighted by atomic mass is 10.0. The van der Waals surface area contributed by atoms with E-state index in [4.69, 9.17) is 0 Å². The molecular weight excluding hydrogens is 518 g/mol. The summed E-state index contributed by atoms with van der Waals surface area (Å²) in [4.78, 5) is 0. The molecule has 0 spiro atoms. The normalized spacial score (nSPS) is 12.1. The van der Waals surface area contributed by atoms with E-state index in [1.807, 2.05) is 0 Å². The first-order valence-corrected chi connectivity index (χ1v) is 20.9. The van der Waals surface area contributed by atoms with Gasteiger partial charge in [0.1, 0.15) is 0 Å². The second-order valence-electron chi connectivity index (χ2n) is 15.6. The van der Waals surface area contributed by atoms with Crippen molar-refractivity contribution < 1.29 is 4.48 Å². The van der Waals surface area contributed by atoms with Gasteiger partial charge in [0, 0.05) is 0 Å². The van der Waals surface area contributed by atoms with Crippen LogP contribution in [0.4, 0.5) is 0 Å². The van der Waals surface area contributed by atoms with Crippen molar-refractivity contribution in [1.29, 1.82) is 0 Å². The Morgan fingerprint density at radius 3 is 0.721 bits per heavy atom. The number of nitrogens with zero attached hydrogens (tertiary/aromatic N) is 1. The molecule has 0 rings (SSSR count). The summed E-state index contributed by atoms with van der Waals surface area (Å²) in [7, 11) is 2.58. The number of hydrogen-bond acceptors (Lipinski definition) is 0. The highest BCUT2D eigenvalue weighted by atomic mass is 15.3. The molecule has 0 aromatic heterocycles. The standard InChI is InChI=1S/C42H88N/c1-6-8-10-12-14-16-18-20-22-24-26-28-30-32-34-36-39-43(5,41-38-42(3)4)40-37-35-33-31-29-27-25-23-21-19-17-15-13-11-9-7-2/h42H,6-41H2,1-5H3/q+1. The Hall–Kier alpha value is -0.0400. The van der Waals surface area contributed by atoms with Crippen molar-refractivity contribution in [3.05, 3.63) is 0 Å². The van der Waals surface area contributed by atoms with Crippen LogP contribution in [0.5, 0.6) is 0 Å². The van der Waals surface area contributed by atoms with Crippen LogP contribution in [0.3, 0.4) is 0 Å². The molecule has 0 saturated carbocycles.